The van der Waals surface area contributed by atoms with Crippen LogP contribution in [0, 0.1) is 6.92 Å². The third kappa shape index (κ3) is 3.34. The second kappa shape index (κ2) is 5.69. The van der Waals surface area contributed by atoms with Crippen LogP contribution >= 0.6 is 11.8 Å². The number of carboxylic acid groups (broad SMARTS) is 1. The Labute approximate surface area is 110 Å². The van der Waals surface area contributed by atoms with Gasteiger partial charge in [-0.1, -0.05) is 23.8 Å². The molecule has 0 unspecified atom stereocenters. The van der Waals surface area contributed by atoms with E-state index in [9.17, 15) is 4.79 Å². The average Bonchev–Trinajstić information content (AvgIpc) is 2.37. The summed E-state index contributed by atoms with van der Waals surface area (Å²) in [5.74, 6) is -0.317. The Morgan fingerprint density at radius 1 is 1.28 bits per heavy atom. The van der Waals surface area contributed by atoms with Crippen LogP contribution in [0.3, 0.4) is 0 Å². The molecule has 0 atom stereocenters. The first-order chi connectivity index (χ1) is 8.65. The highest BCUT2D eigenvalue weighted by Crippen LogP contribution is 2.22. The van der Waals surface area contributed by atoms with Crippen molar-refractivity contribution in [3.8, 4) is 0 Å². The molecule has 2 aromatic rings. The van der Waals surface area contributed by atoms with Crippen molar-refractivity contribution >= 4 is 17.7 Å². The van der Waals surface area contributed by atoms with Gasteiger partial charge in [0.2, 0.25) is 0 Å². The lowest BCUT2D eigenvalue weighted by Crippen LogP contribution is -2.01. The zero-order chi connectivity index (χ0) is 13.0. The standard InChI is InChI=1S/C14H13NO2S/c1-10-4-2-6-12(8-10)18-9-11-5-3-7-13(15-11)14(16)17/h2-8H,9H2,1H3,(H,16,17). The molecule has 1 aromatic heterocycles. The molecule has 0 aliphatic heterocycles. The largest absolute Gasteiger partial charge is 0.477 e. The van der Waals surface area contributed by atoms with E-state index in [-0.39, 0.29) is 5.69 Å². The number of hydrogen-bond acceptors (Lipinski definition) is 3. The third-order valence-electron chi connectivity index (χ3n) is 2.40. The van der Waals surface area contributed by atoms with Crippen LogP contribution in [0.1, 0.15) is 21.7 Å². The van der Waals surface area contributed by atoms with Crippen LogP contribution in [0.2, 0.25) is 0 Å². The van der Waals surface area contributed by atoms with Gasteiger partial charge < -0.3 is 5.11 Å². The Morgan fingerprint density at radius 3 is 2.78 bits per heavy atom. The lowest BCUT2D eigenvalue weighted by atomic mass is 10.2. The van der Waals surface area contributed by atoms with Crippen molar-refractivity contribution in [3.63, 3.8) is 0 Å². The van der Waals surface area contributed by atoms with E-state index in [4.69, 9.17) is 5.11 Å². The predicted octanol–water partition coefficient (Wildman–Crippen LogP) is 3.38. The minimum atomic E-state index is -0.989. The summed E-state index contributed by atoms with van der Waals surface area (Å²) in [7, 11) is 0. The van der Waals surface area contributed by atoms with Gasteiger partial charge in [0.1, 0.15) is 5.69 Å². The molecule has 0 fully saturated rings. The fraction of sp³-hybridized carbons (Fsp3) is 0.143. The maximum Gasteiger partial charge on any atom is 0.354 e. The SMILES string of the molecule is Cc1cccc(SCc2cccc(C(=O)O)n2)c1. The Morgan fingerprint density at radius 2 is 2.06 bits per heavy atom. The Balaban J connectivity index is 2.06. The van der Waals surface area contributed by atoms with Crippen molar-refractivity contribution in [3.05, 3.63) is 59.4 Å². The number of nitrogens with zero attached hydrogens (tertiary/aromatic N) is 1. The molecule has 0 saturated heterocycles. The van der Waals surface area contributed by atoms with Crippen LogP contribution in [0.4, 0.5) is 0 Å². The molecule has 0 radical (unpaired) electrons. The summed E-state index contributed by atoms with van der Waals surface area (Å²) in [6.07, 6.45) is 0. The number of aryl methyl sites for hydroxylation is 1. The summed E-state index contributed by atoms with van der Waals surface area (Å²) in [6, 6.07) is 13.3. The van der Waals surface area contributed by atoms with Crippen LogP contribution in [-0.2, 0) is 5.75 Å². The highest BCUT2D eigenvalue weighted by Gasteiger charge is 2.05. The van der Waals surface area contributed by atoms with Gasteiger partial charge in [0.25, 0.3) is 0 Å². The van der Waals surface area contributed by atoms with Gasteiger partial charge in [-0.15, -0.1) is 11.8 Å². The molecule has 0 amide bonds. The van der Waals surface area contributed by atoms with Crippen LogP contribution < -0.4 is 0 Å². The van der Waals surface area contributed by atoms with Crippen molar-refractivity contribution < 1.29 is 9.90 Å². The molecule has 1 heterocycles. The van der Waals surface area contributed by atoms with Gasteiger partial charge >= 0.3 is 5.97 Å². The Bertz CT molecular complexity index is 569. The lowest BCUT2D eigenvalue weighted by molar-refractivity contribution is 0.0690. The lowest BCUT2D eigenvalue weighted by Gasteiger charge is -2.03. The summed E-state index contributed by atoms with van der Waals surface area (Å²) in [4.78, 5) is 16.1. The highest BCUT2D eigenvalue weighted by molar-refractivity contribution is 7.98. The number of aromatic carboxylic acids is 1. The second-order valence-electron chi connectivity index (χ2n) is 3.92. The molecule has 92 valence electrons. The number of carbonyl (C=O) groups is 1. The van der Waals surface area contributed by atoms with Gasteiger partial charge in [0.05, 0.1) is 5.69 Å². The molecule has 0 aliphatic carbocycles. The van der Waals surface area contributed by atoms with E-state index in [0.29, 0.717) is 5.75 Å². The van der Waals surface area contributed by atoms with Crippen LogP contribution in [0.15, 0.2) is 47.4 Å². The number of benzene rings is 1. The van der Waals surface area contributed by atoms with Gasteiger partial charge in [0.15, 0.2) is 0 Å². The maximum atomic E-state index is 10.8. The smallest absolute Gasteiger partial charge is 0.354 e. The van der Waals surface area contributed by atoms with Crippen molar-refractivity contribution in [2.45, 2.75) is 17.6 Å². The van der Waals surface area contributed by atoms with Gasteiger partial charge in [-0.3, -0.25) is 0 Å². The summed E-state index contributed by atoms with van der Waals surface area (Å²) in [5.41, 5.74) is 2.09. The zero-order valence-corrected chi connectivity index (χ0v) is 10.8. The number of rotatable bonds is 4. The Kier molecular flexibility index (Phi) is 3.99. The second-order valence-corrected chi connectivity index (χ2v) is 4.97. The molecular formula is C14H13NO2S. The van der Waals surface area contributed by atoms with Crippen LogP contribution in [0.5, 0.6) is 0 Å². The number of carboxylic acids is 1. The van der Waals surface area contributed by atoms with Gasteiger partial charge in [-0.25, -0.2) is 9.78 Å². The number of aromatic nitrogens is 1. The Hall–Kier alpha value is -1.81. The van der Waals surface area contributed by atoms with E-state index < -0.39 is 5.97 Å². The molecule has 1 N–H and O–H groups in total. The number of pyridine rings is 1. The van der Waals surface area contributed by atoms with E-state index in [1.165, 1.54) is 11.6 Å². The molecule has 1 aromatic carbocycles. The molecule has 3 nitrogen and oxygen atoms in total. The van der Waals surface area contributed by atoms with Gasteiger partial charge in [0, 0.05) is 10.6 Å². The minimum absolute atomic E-state index is 0.0948. The van der Waals surface area contributed by atoms with E-state index in [0.717, 1.165) is 10.6 Å². The quantitative estimate of drug-likeness (QED) is 0.855. The first-order valence-corrected chi connectivity index (χ1v) is 6.52. The van der Waals surface area contributed by atoms with Crippen molar-refractivity contribution in [2.24, 2.45) is 0 Å². The van der Waals surface area contributed by atoms with Crippen molar-refractivity contribution in [1.82, 2.24) is 4.98 Å². The van der Waals surface area contributed by atoms with E-state index in [1.807, 2.05) is 31.2 Å². The third-order valence-corrected chi connectivity index (χ3v) is 3.43. The monoisotopic (exact) mass is 259 g/mol. The molecular weight excluding hydrogens is 246 g/mol. The van der Waals surface area contributed by atoms with Crippen molar-refractivity contribution in [1.29, 1.82) is 0 Å². The summed E-state index contributed by atoms with van der Waals surface area (Å²) in [6.45, 7) is 2.05. The maximum absolute atomic E-state index is 10.8. The predicted molar refractivity (Wildman–Crippen MR) is 71.9 cm³/mol. The first-order valence-electron chi connectivity index (χ1n) is 5.54. The molecule has 0 bridgehead atoms. The molecule has 0 spiro atoms. The number of hydrogen-bond donors (Lipinski definition) is 1. The number of thioether (sulfide) groups is 1. The average molecular weight is 259 g/mol. The van der Waals surface area contributed by atoms with Gasteiger partial charge in [-0.05, 0) is 31.2 Å². The zero-order valence-electron chi connectivity index (χ0n) is 9.96. The fourth-order valence-electron chi connectivity index (χ4n) is 1.54. The topological polar surface area (TPSA) is 50.2 Å². The minimum Gasteiger partial charge on any atom is -0.477 e. The summed E-state index contributed by atoms with van der Waals surface area (Å²) in [5, 5.41) is 8.86. The fourth-order valence-corrected chi connectivity index (χ4v) is 2.46. The van der Waals surface area contributed by atoms with E-state index in [1.54, 1.807) is 17.8 Å². The van der Waals surface area contributed by atoms with Crippen molar-refractivity contribution in [2.75, 3.05) is 0 Å². The molecule has 4 heteroatoms. The summed E-state index contributed by atoms with van der Waals surface area (Å²) >= 11 is 1.65. The first kappa shape index (κ1) is 12.6. The van der Waals surface area contributed by atoms with E-state index in [2.05, 4.69) is 11.1 Å². The van der Waals surface area contributed by atoms with Crippen LogP contribution in [-0.4, -0.2) is 16.1 Å². The normalized spacial score (nSPS) is 10.3. The molecule has 0 saturated carbocycles. The van der Waals surface area contributed by atoms with E-state index >= 15 is 0 Å². The highest BCUT2D eigenvalue weighted by atomic mass is 32.2. The van der Waals surface area contributed by atoms with Crippen LogP contribution in [0.25, 0.3) is 0 Å². The molecule has 18 heavy (non-hydrogen) atoms. The summed E-state index contributed by atoms with van der Waals surface area (Å²) < 4.78 is 0. The molecule has 2 rings (SSSR count). The van der Waals surface area contributed by atoms with Gasteiger partial charge in [-0.2, -0.15) is 0 Å². The molecule has 0 aliphatic rings.